The van der Waals surface area contributed by atoms with Crippen LogP contribution >= 0.6 is 105 Å². The molecule has 52 heavy (non-hydrogen) atoms. The molecular formula is C37H26BBr3Cl3F2IO5. The van der Waals surface area contributed by atoms with Crippen molar-refractivity contribution in [2.24, 2.45) is 0 Å². The second kappa shape index (κ2) is 20.3. The van der Waals surface area contributed by atoms with Crippen LogP contribution in [0, 0.1) is 15.2 Å². The average molecular weight is 1070 g/mol. The van der Waals surface area contributed by atoms with Gasteiger partial charge in [-0.1, -0.05) is 96.8 Å². The van der Waals surface area contributed by atoms with Gasteiger partial charge in [-0.2, -0.15) is 0 Å². The van der Waals surface area contributed by atoms with E-state index in [1.165, 1.54) is 30.3 Å². The highest BCUT2D eigenvalue weighted by atomic mass is 127. The topological polar surface area (TPSA) is 94.1 Å². The predicted octanol–water partition coefficient (Wildman–Crippen LogP) is 13.2. The van der Waals surface area contributed by atoms with Crippen LogP contribution in [0.25, 0.3) is 33.1 Å². The zero-order chi connectivity index (χ0) is 37.4. The van der Waals surface area contributed by atoms with Gasteiger partial charge in [-0.3, -0.25) is 0 Å². The van der Waals surface area contributed by atoms with Gasteiger partial charge in [0.15, 0.2) is 5.58 Å². The number of phenols is 2. The number of hydrogen-bond acceptors (Lipinski definition) is 5. The molecule has 0 saturated carbocycles. The van der Waals surface area contributed by atoms with E-state index in [2.05, 4.69) is 47.8 Å². The monoisotopic (exact) mass is 1070 g/mol. The molecule has 0 radical (unpaired) electrons. The first-order valence-electron chi connectivity index (χ1n) is 14.3. The summed E-state index contributed by atoms with van der Waals surface area (Å²) in [5, 5.41) is 39.9. The Hall–Kier alpha value is -2.40. The highest BCUT2D eigenvalue weighted by Crippen LogP contribution is 2.41. The summed E-state index contributed by atoms with van der Waals surface area (Å²) in [6, 6.07) is 30.3. The molecule has 270 valence electrons. The number of halogens is 9. The summed E-state index contributed by atoms with van der Waals surface area (Å²) in [6.45, 7) is 0. The van der Waals surface area contributed by atoms with Gasteiger partial charge in [-0.25, -0.2) is 8.78 Å². The lowest BCUT2D eigenvalue weighted by atomic mass is 9.80. The summed E-state index contributed by atoms with van der Waals surface area (Å²) in [7, 11) is -1.72. The van der Waals surface area contributed by atoms with Crippen molar-refractivity contribution in [3.63, 3.8) is 0 Å². The fourth-order valence-corrected chi connectivity index (χ4v) is 6.76. The molecule has 15 heteroatoms. The van der Waals surface area contributed by atoms with Crippen LogP contribution in [0.15, 0.2) is 127 Å². The number of para-hydroxylation sites is 1. The molecule has 0 aliphatic rings. The standard InChI is InChI=1S/C12H7BrClFO.C12H6BrClO.C6H6BFO2.C6H3BrClIO.CH4/c13-11-9(14)6-5-8(12(11)16)7-3-1-2-4-10(7)15;13-11-9(14)6-5-8-7-3-1-2-4-10(7)15-12(8)11;8-6-4-2-1-3-5(6)7(9)10;7-5-3(8)1-2-4(9)6(5)10;/h1-6,16H;1-6H;1-4,9-10H;1-2,10H;1H4. The zero-order valence-corrected chi connectivity index (χ0v) is 34.8. The van der Waals surface area contributed by atoms with E-state index in [9.17, 15) is 19.0 Å². The number of fused-ring (bicyclic) bond motifs is 3. The Bertz CT molecular complexity index is 2290. The van der Waals surface area contributed by atoms with Crippen molar-refractivity contribution in [1.29, 1.82) is 0 Å². The van der Waals surface area contributed by atoms with E-state index in [1.807, 2.05) is 59.0 Å². The van der Waals surface area contributed by atoms with E-state index in [4.69, 9.17) is 49.3 Å². The Morgan fingerprint density at radius 1 is 0.577 bits per heavy atom. The second-order valence-corrected chi connectivity index (χ2v) is 14.9. The molecule has 1 aromatic heterocycles. The summed E-state index contributed by atoms with van der Waals surface area (Å²) < 4.78 is 34.3. The summed E-state index contributed by atoms with van der Waals surface area (Å²) in [5.74, 6) is -0.838. The first-order valence-corrected chi connectivity index (χ1v) is 18.9. The van der Waals surface area contributed by atoms with E-state index in [0.29, 0.717) is 35.1 Å². The maximum atomic E-state index is 13.5. The van der Waals surface area contributed by atoms with Crippen LogP contribution in [0.1, 0.15) is 7.43 Å². The average Bonchev–Trinajstić information content (AvgIpc) is 3.50. The summed E-state index contributed by atoms with van der Waals surface area (Å²) in [4.78, 5) is 0. The lowest BCUT2D eigenvalue weighted by Crippen LogP contribution is -2.32. The van der Waals surface area contributed by atoms with Crippen molar-refractivity contribution in [2.75, 3.05) is 0 Å². The van der Waals surface area contributed by atoms with Crippen molar-refractivity contribution in [1.82, 2.24) is 0 Å². The van der Waals surface area contributed by atoms with Gasteiger partial charge in [-0.15, -0.1) is 0 Å². The molecule has 6 aromatic carbocycles. The highest BCUT2D eigenvalue weighted by molar-refractivity contribution is 14.1. The van der Waals surface area contributed by atoms with E-state index >= 15 is 0 Å². The lowest BCUT2D eigenvalue weighted by molar-refractivity contribution is 0.423. The molecule has 0 spiro atoms. The molecule has 7 aromatic rings. The molecule has 0 aliphatic carbocycles. The van der Waals surface area contributed by atoms with Crippen molar-refractivity contribution >= 4 is 140 Å². The van der Waals surface area contributed by atoms with Crippen LogP contribution < -0.4 is 5.46 Å². The number of phenolic OH excluding ortho intramolecular Hbond substituents is 2. The van der Waals surface area contributed by atoms with Gasteiger partial charge in [0.25, 0.3) is 0 Å². The molecule has 0 saturated heterocycles. The van der Waals surface area contributed by atoms with Crippen LogP contribution in [-0.4, -0.2) is 27.4 Å². The van der Waals surface area contributed by atoms with Gasteiger partial charge in [0.05, 0.1) is 32.1 Å². The fraction of sp³-hybridized carbons (Fsp3) is 0.0270. The minimum atomic E-state index is -1.72. The molecular weight excluding hydrogens is 1050 g/mol. The molecule has 1 heterocycles. The van der Waals surface area contributed by atoms with Gasteiger partial charge in [0.2, 0.25) is 0 Å². The highest BCUT2D eigenvalue weighted by Gasteiger charge is 2.15. The Morgan fingerprint density at radius 2 is 1.10 bits per heavy atom. The van der Waals surface area contributed by atoms with Gasteiger partial charge < -0.3 is 24.7 Å². The van der Waals surface area contributed by atoms with E-state index in [1.54, 1.807) is 42.5 Å². The Balaban J connectivity index is 0.000000190. The second-order valence-electron chi connectivity index (χ2n) is 10.2. The largest absolute Gasteiger partial charge is 0.506 e. The Morgan fingerprint density at radius 3 is 1.69 bits per heavy atom. The van der Waals surface area contributed by atoms with Gasteiger partial charge in [0, 0.05) is 27.4 Å². The minimum Gasteiger partial charge on any atom is -0.506 e. The quantitative estimate of drug-likeness (QED) is 0.0786. The molecule has 4 N–H and O–H groups in total. The fourth-order valence-electron chi connectivity index (χ4n) is 4.37. The number of aromatic hydroxyl groups is 2. The third kappa shape index (κ3) is 10.9. The maximum absolute atomic E-state index is 13.5. The lowest BCUT2D eigenvalue weighted by Gasteiger charge is -2.08. The first kappa shape index (κ1) is 44.0. The smallest absolute Gasteiger partial charge is 0.491 e. The molecule has 0 aliphatic heterocycles. The van der Waals surface area contributed by atoms with Crippen LogP contribution in [0.2, 0.25) is 15.1 Å². The molecule has 5 nitrogen and oxygen atoms in total. The number of furan rings is 1. The van der Waals surface area contributed by atoms with Gasteiger partial charge in [-0.05, 0) is 125 Å². The molecule has 0 bridgehead atoms. The van der Waals surface area contributed by atoms with E-state index in [0.717, 1.165) is 30.0 Å². The molecule has 0 fully saturated rings. The van der Waals surface area contributed by atoms with Crippen LogP contribution in [-0.2, 0) is 0 Å². The predicted molar refractivity (Wildman–Crippen MR) is 229 cm³/mol. The Labute approximate surface area is 352 Å². The van der Waals surface area contributed by atoms with Crippen LogP contribution in [0.5, 0.6) is 11.5 Å². The van der Waals surface area contributed by atoms with Gasteiger partial charge in [0.1, 0.15) is 28.7 Å². The number of rotatable bonds is 2. The zero-order valence-electron chi connectivity index (χ0n) is 25.6. The maximum Gasteiger partial charge on any atom is 0.491 e. The van der Waals surface area contributed by atoms with Crippen LogP contribution in [0.3, 0.4) is 0 Å². The Kier molecular flexibility index (Phi) is 17.2. The third-order valence-electron chi connectivity index (χ3n) is 6.88. The summed E-state index contributed by atoms with van der Waals surface area (Å²) >= 11 is 29.2. The number of hydrogen-bond donors (Lipinski definition) is 4. The summed E-state index contributed by atoms with van der Waals surface area (Å²) in [6.07, 6.45) is 0. The minimum absolute atomic E-state index is 0. The van der Waals surface area contributed by atoms with Crippen LogP contribution in [0.4, 0.5) is 8.78 Å². The molecule has 0 unspecified atom stereocenters. The van der Waals surface area contributed by atoms with E-state index in [-0.39, 0.29) is 30.2 Å². The first-order chi connectivity index (χ1) is 24.2. The van der Waals surface area contributed by atoms with E-state index < -0.39 is 12.9 Å². The van der Waals surface area contributed by atoms with Crippen molar-refractivity contribution in [2.45, 2.75) is 7.43 Å². The molecule has 0 atom stereocenters. The number of benzene rings is 6. The summed E-state index contributed by atoms with van der Waals surface area (Å²) in [5.41, 5.74) is 2.36. The van der Waals surface area contributed by atoms with Gasteiger partial charge >= 0.3 is 7.12 Å². The molecule has 7 rings (SSSR count). The molecule has 0 amide bonds. The SMILES string of the molecule is C.Clc1ccc2c(oc3ccccc32)c1Br.OB(O)c1ccccc1F.Oc1c(-c2ccccc2F)ccc(Cl)c1Br.Oc1c(I)ccc(Cl)c1Br. The van der Waals surface area contributed by atoms with Crippen molar-refractivity contribution in [3.05, 3.63) is 153 Å². The normalized spacial score (nSPS) is 10.2. The van der Waals surface area contributed by atoms with Crippen molar-refractivity contribution in [3.8, 4) is 22.6 Å². The van der Waals surface area contributed by atoms with Crippen molar-refractivity contribution < 1.29 is 33.5 Å². The third-order valence-corrected chi connectivity index (χ3v) is 11.8.